The predicted molar refractivity (Wildman–Crippen MR) is 73.9 cm³/mol. The average molecular weight is 249 g/mol. The van der Waals surface area contributed by atoms with Crippen molar-refractivity contribution in [1.29, 1.82) is 0 Å². The maximum atomic E-state index is 13.7. The number of benzene rings is 1. The highest BCUT2D eigenvalue weighted by Crippen LogP contribution is 2.41. The second-order valence-corrected chi connectivity index (χ2v) is 6.57. The average Bonchev–Trinajstić information content (AvgIpc) is 2.52. The first kappa shape index (κ1) is 13.5. The predicted octanol–water partition coefficient (Wildman–Crippen LogP) is 4.30. The van der Waals surface area contributed by atoms with Crippen LogP contribution in [0.25, 0.3) is 0 Å². The van der Waals surface area contributed by atoms with Crippen molar-refractivity contribution >= 4 is 0 Å². The molecule has 0 spiro atoms. The van der Waals surface area contributed by atoms with Crippen LogP contribution in [0.2, 0.25) is 0 Å². The second kappa shape index (κ2) is 5.00. The normalized spacial score (nSPS) is 28.3. The summed E-state index contributed by atoms with van der Waals surface area (Å²) in [7, 11) is 0. The highest BCUT2D eigenvalue weighted by Gasteiger charge is 2.37. The summed E-state index contributed by atoms with van der Waals surface area (Å²) in [5.41, 5.74) is 1.18. The third-order valence-electron chi connectivity index (χ3n) is 4.17. The second-order valence-electron chi connectivity index (χ2n) is 6.57. The minimum atomic E-state index is -0.109. The van der Waals surface area contributed by atoms with Gasteiger partial charge in [-0.15, -0.1) is 0 Å². The first-order chi connectivity index (χ1) is 8.39. The number of nitrogens with one attached hydrogen (secondary N) is 1. The summed E-state index contributed by atoms with van der Waals surface area (Å²) in [6.07, 6.45) is 2.42. The summed E-state index contributed by atoms with van der Waals surface area (Å²) in [6.45, 7) is 8.98. The van der Waals surface area contributed by atoms with Crippen molar-refractivity contribution in [2.75, 3.05) is 0 Å². The van der Waals surface area contributed by atoms with Gasteiger partial charge in [-0.1, -0.05) is 39.0 Å². The van der Waals surface area contributed by atoms with Gasteiger partial charge in [-0.05, 0) is 37.2 Å². The maximum absolute atomic E-state index is 13.7. The Hall–Kier alpha value is -0.890. The Morgan fingerprint density at radius 1 is 1.28 bits per heavy atom. The van der Waals surface area contributed by atoms with Crippen molar-refractivity contribution in [3.05, 3.63) is 35.6 Å². The fraction of sp³-hybridized carbons (Fsp3) is 0.625. The molecule has 0 heterocycles. The Bertz CT molecular complexity index is 413. The molecule has 0 radical (unpaired) electrons. The molecule has 1 aromatic rings. The van der Waals surface area contributed by atoms with Crippen molar-refractivity contribution in [3.63, 3.8) is 0 Å². The van der Waals surface area contributed by atoms with Crippen LogP contribution in [0.1, 0.15) is 52.1 Å². The zero-order valence-corrected chi connectivity index (χ0v) is 11.8. The SMILES string of the molecule is CC1CC(C)(C)CC1N[C@H](C)c1ccccc1F. The molecule has 2 rings (SSSR count). The van der Waals surface area contributed by atoms with E-state index in [1.54, 1.807) is 6.07 Å². The van der Waals surface area contributed by atoms with E-state index in [2.05, 4.69) is 33.0 Å². The molecular formula is C16H24FN. The van der Waals surface area contributed by atoms with Gasteiger partial charge in [-0.2, -0.15) is 0 Å². The maximum Gasteiger partial charge on any atom is 0.127 e. The van der Waals surface area contributed by atoms with Crippen molar-refractivity contribution in [1.82, 2.24) is 5.32 Å². The standard InChI is InChI=1S/C16H24FN/c1-11-9-16(3,4)10-15(11)18-12(2)13-7-5-6-8-14(13)17/h5-8,11-12,15,18H,9-10H2,1-4H3/t11?,12-,15?/m1/s1. The van der Waals surface area contributed by atoms with Crippen LogP contribution in [0.15, 0.2) is 24.3 Å². The van der Waals surface area contributed by atoms with E-state index in [9.17, 15) is 4.39 Å². The molecule has 0 saturated heterocycles. The van der Waals surface area contributed by atoms with E-state index in [1.165, 1.54) is 18.9 Å². The molecule has 1 fully saturated rings. The minimum absolute atomic E-state index is 0.0764. The van der Waals surface area contributed by atoms with Crippen LogP contribution in [-0.2, 0) is 0 Å². The monoisotopic (exact) mass is 249 g/mol. The van der Waals surface area contributed by atoms with Gasteiger partial charge in [0.15, 0.2) is 0 Å². The smallest absolute Gasteiger partial charge is 0.127 e. The molecular weight excluding hydrogens is 225 g/mol. The van der Waals surface area contributed by atoms with Crippen LogP contribution in [0.5, 0.6) is 0 Å². The highest BCUT2D eigenvalue weighted by atomic mass is 19.1. The molecule has 1 saturated carbocycles. The zero-order chi connectivity index (χ0) is 13.3. The molecule has 0 aromatic heterocycles. The van der Waals surface area contributed by atoms with Crippen LogP contribution in [0, 0.1) is 17.2 Å². The molecule has 1 nitrogen and oxygen atoms in total. The Morgan fingerprint density at radius 3 is 2.50 bits per heavy atom. The zero-order valence-electron chi connectivity index (χ0n) is 11.8. The van der Waals surface area contributed by atoms with Crippen LogP contribution in [0.3, 0.4) is 0 Å². The Balaban J connectivity index is 2.04. The number of rotatable bonds is 3. The van der Waals surface area contributed by atoms with Gasteiger partial charge in [0.05, 0.1) is 0 Å². The summed E-state index contributed by atoms with van der Waals surface area (Å²) in [5.74, 6) is 0.552. The fourth-order valence-electron chi connectivity index (χ4n) is 3.35. The number of hydrogen-bond acceptors (Lipinski definition) is 1. The number of hydrogen-bond donors (Lipinski definition) is 1. The van der Waals surface area contributed by atoms with E-state index < -0.39 is 0 Å². The molecule has 1 aromatic carbocycles. The number of halogens is 1. The first-order valence-electron chi connectivity index (χ1n) is 6.89. The Labute approximate surface area is 110 Å². The Kier molecular flexibility index (Phi) is 3.76. The van der Waals surface area contributed by atoms with Gasteiger partial charge in [0.25, 0.3) is 0 Å². The molecule has 2 heteroatoms. The van der Waals surface area contributed by atoms with Gasteiger partial charge < -0.3 is 5.32 Å². The molecule has 3 atom stereocenters. The van der Waals surface area contributed by atoms with Crippen LogP contribution in [-0.4, -0.2) is 6.04 Å². The molecule has 0 amide bonds. The van der Waals surface area contributed by atoms with Crippen molar-refractivity contribution in [2.24, 2.45) is 11.3 Å². The van der Waals surface area contributed by atoms with E-state index >= 15 is 0 Å². The van der Waals surface area contributed by atoms with Crippen LogP contribution < -0.4 is 5.32 Å². The van der Waals surface area contributed by atoms with Gasteiger partial charge in [0.2, 0.25) is 0 Å². The summed E-state index contributed by atoms with van der Waals surface area (Å²) in [6, 6.07) is 7.63. The molecule has 18 heavy (non-hydrogen) atoms. The Morgan fingerprint density at radius 2 is 1.94 bits per heavy atom. The molecule has 1 N–H and O–H groups in total. The summed E-state index contributed by atoms with van der Waals surface area (Å²) >= 11 is 0. The highest BCUT2D eigenvalue weighted by molar-refractivity contribution is 5.20. The van der Waals surface area contributed by atoms with Gasteiger partial charge >= 0.3 is 0 Å². The molecule has 100 valence electrons. The third kappa shape index (κ3) is 2.92. The third-order valence-corrected chi connectivity index (χ3v) is 4.17. The van der Waals surface area contributed by atoms with Gasteiger partial charge in [-0.25, -0.2) is 4.39 Å². The summed E-state index contributed by atoms with van der Waals surface area (Å²) < 4.78 is 13.7. The van der Waals surface area contributed by atoms with Crippen LogP contribution in [0.4, 0.5) is 4.39 Å². The lowest BCUT2D eigenvalue weighted by Gasteiger charge is -2.24. The van der Waals surface area contributed by atoms with E-state index in [0.29, 0.717) is 17.4 Å². The molecule has 0 aliphatic heterocycles. The van der Waals surface area contributed by atoms with Crippen molar-refractivity contribution < 1.29 is 4.39 Å². The van der Waals surface area contributed by atoms with E-state index in [0.717, 1.165) is 5.56 Å². The van der Waals surface area contributed by atoms with E-state index in [1.807, 2.05) is 12.1 Å². The molecule has 1 aliphatic rings. The van der Waals surface area contributed by atoms with Crippen molar-refractivity contribution in [3.8, 4) is 0 Å². The van der Waals surface area contributed by atoms with Crippen LogP contribution >= 0.6 is 0 Å². The largest absolute Gasteiger partial charge is 0.307 e. The van der Waals surface area contributed by atoms with Gasteiger partial charge in [0.1, 0.15) is 5.82 Å². The molecule has 1 aliphatic carbocycles. The topological polar surface area (TPSA) is 12.0 Å². The lowest BCUT2D eigenvalue weighted by Crippen LogP contribution is -2.34. The lowest BCUT2D eigenvalue weighted by atomic mass is 9.91. The lowest BCUT2D eigenvalue weighted by molar-refractivity contribution is 0.354. The molecule has 2 unspecified atom stereocenters. The summed E-state index contributed by atoms with van der Waals surface area (Å²) in [4.78, 5) is 0. The first-order valence-corrected chi connectivity index (χ1v) is 6.89. The van der Waals surface area contributed by atoms with E-state index in [4.69, 9.17) is 0 Å². The molecule has 0 bridgehead atoms. The minimum Gasteiger partial charge on any atom is -0.307 e. The van der Waals surface area contributed by atoms with Crippen molar-refractivity contribution in [2.45, 2.75) is 52.6 Å². The van der Waals surface area contributed by atoms with Gasteiger partial charge in [0, 0.05) is 17.6 Å². The van der Waals surface area contributed by atoms with E-state index in [-0.39, 0.29) is 11.9 Å². The quantitative estimate of drug-likeness (QED) is 0.842. The fourth-order valence-corrected chi connectivity index (χ4v) is 3.35. The van der Waals surface area contributed by atoms with Gasteiger partial charge in [-0.3, -0.25) is 0 Å². The summed E-state index contributed by atoms with van der Waals surface area (Å²) in [5, 5.41) is 3.60.